The van der Waals surface area contributed by atoms with E-state index in [2.05, 4.69) is 38.4 Å². The Kier molecular flexibility index (Phi) is 4.69. The number of rotatable bonds is 6. The summed E-state index contributed by atoms with van der Waals surface area (Å²) < 4.78 is 8.44. The molecule has 0 N–H and O–H groups in total. The van der Waals surface area contributed by atoms with Crippen LogP contribution < -0.4 is 4.74 Å². The summed E-state index contributed by atoms with van der Waals surface area (Å²) in [5.41, 5.74) is 0. The monoisotopic (exact) mass is 310 g/mol. The van der Waals surface area contributed by atoms with Gasteiger partial charge in [0.1, 0.15) is 12.4 Å². The second kappa shape index (κ2) is 6.49. The molecule has 0 fully saturated rings. The van der Waals surface area contributed by atoms with Crippen molar-refractivity contribution in [3.63, 3.8) is 0 Å². The lowest BCUT2D eigenvalue weighted by molar-refractivity contribution is 0.285. The van der Waals surface area contributed by atoms with Gasteiger partial charge < -0.3 is 4.74 Å². The predicted octanol–water partition coefficient (Wildman–Crippen LogP) is 2.81. The molecule has 0 unspecified atom stereocenters. The summed E-state index contributed by atoms with van der Waals surface area (Å²) in [4.78, 5) is 0. The van der Waals surface area contributed by atoms with E-state index < -0.39 is 0 Å². The van der Waals surface area contributed by atoms with Gasteiger partial charge in [-0.2, -0.15) is 0 Å². The summed E-state index contributed by atoms with van der Waals surface area (Å²) in [6.45, 7) is 3.36. The molecule has 0 bridgehead atoms. The summed E-state index contributed by atoms with van der Waals surface area (Å²) in [5.74, 6) is 1.55. The van der Waals surface area contributed by atoms with Crippen molar-refractivity contribution in [2.45, 2.75) is 32.9 Å². The zero-order chi connectivity index (χ0) is 12.8. The molecule has 0 saturated heterocycles. The molecule has 0 spiro atoms. The number of aryl methyl sites for hydroxylation is 1. The molecule has 96 valence electrons. The quantitative estimate of drug-likeness (QED) is 0.823. The Labute approximate surface area is 114 Å². The normalized spacial score (nSPS) is 10.6. The standard InChI is InChI=1S/C12H15BrN4O/c1-2-3-7-17-12(14-15-16-17)9-18-11-6-4-5-10(13)8-11/h4-6,8H,2-3,7,9H2,1H3. The third kappa shape index (κ3) is 3.53. The van der Waals surface area contributed by atoms with E-state index in [9.17, 15) is 0 Å². The van der Waals surface area contributed by atoms with Gasteiger partial charge in [-0.1, -0.05) is 35.3 Å². The smallest absolute Gasteiger partial charge is 0.189 e. The molecule has 1 aromatic carbocycles. The van der Waals surface area contributed by atoms with Crippen LogP contribution in [0.1, 0.15) is 25.6 Å². The Morgan fingerprint density at radius 1 is 1.39 bits per heavy atom. The van der Waals surface area contributed by atoms with Crippen molar-refractivity contribution in [3.8, 4) is 5.75 Å². The molecule has 0 aliphatic heterocycles. The number of hydrogen-bond acceptors (Lipinski definition) is 4. The molecule has 0 amide bonds. The van der Waals surface area contributed by atoms with E-state index in [4.69, 9.17) is 4.74 Å². The van der Waals surface area contributed by atoms with Crippen LogP contribution in [0.5, 0.6) is 5.75 Å². The van der Waals surface area contributed by atoms with E-state index in [1.54, 1.807) is 4.68 Å². The van der Waals surface area contributed by atoms with Gasteiger partial charge in [0, 0.05) is 11.0 Å². The molecule has 0 atom stereocenters. The van der Waals surface area contributed by atoms with Gasteiger partial charge in [-0.3, -0.25) is 0 Å². The Hall–Kier alpha value is -1.43. The number of tetrazole rings is 1. The maximum atomic E-state index is 5.66. The lowest BCUT2D eigenvalue weighted by Gasteiger charge is -2.06. The molecular weight excluding hydrogens is 296 g/mol. The first-order valence-corrected chi connectivity index (χ1v) is 6.72. The number of hydrogen-bond donors (Lipinski definition) is 0. The molecule has 18 heavy (non-hydrogen) atoms. The van der Waals surface area contributed by atoms with Gasteiger partial charge in [-0.15, -0.1) is 5.10 Å². The molecule has 0 saturated carbocycles. The first-order chi connectivity index (χ1) is 8.79. The van der Waals surface area contributed by atoms with Crippen LogP contribution in [-0.2, 0) is 13.2 Å². The van der Waals surface area contributed by atoms with Crippen LogP contribution in [0, 0.1) is 0 Å². The zero-order valence-corrected chi connectivity index (χ0v) is 11.8. The topological polar surface area (TPSA) is 52.8 Å². The minimum atomic E-state index is 0.382. The number of benzene rings is 1. The van der Waals surface area contributed by atoms with Crippen LogP contribution in [0.4, 0.5) is 0 Å². The van der Waals surface area contributed by atoms with E-state index in [1.807, 2.05) is 24.3 Å². The van der Waals surface area contributed by atoms with Crippen molar-refractivity contribution >= 4 is 15.9 Å². The van der Waals surface area contributed by atoms with Gasteiger partial charge in [0.15, 0.2) is 5.82 Å². The molecule has 1 heterocycles. The van der Waals surface area contributed by atoms with Crippen molar-refractivity contribution < 1.29 is 4.74 Å². The van der Waals surface area contributed by atoms with Gasteiger partial charge in [-0.25, -0.2) is 4.68 Å². The minimum absolute atomic E-state index is 0.382. The number of unbranched alkanes of at least 4 members (excludes halogenated alkanes) is 1. The Balaban J connectivity index is 1.95. The summed E-state index contributed by atoms with van der Waals surface area (Å²) in [6.07, 6.45) is 2.18. The van der Waals surface area contributed by atoms with Gasteiger partial charge in [0.2, 0.25) is 0 Å². The van der Waals surface area contributed by atoms with Crippen LogP contribution in [0.15, 0.2) is 28.7 Å². The molecule has 6 heteroatoms. The summed E-state index contributed by atoms with van der Waals surface area (Å²) in [7, 11) is 0. The summed E-state index contributed by atoms with van der Waals surface area (Å²) in [5, 5.41) is 11.6. The second-order valence-electron chi connectivity index (χ2n) is 3.92. The average Bonchev–Trinajstić information content (AvgIpc) is 2.81. The van der Waals surface area contributed by atoms with Crippen LogP contribution in [0.3, 0.4) is 0 Å². The highest BCUT2D eigenvalue weighted by atomic mass is 79.9. The van der Waals surface area contributed by atoms with Crippen LogP contribution >= 0.6 is 15.9 Å². The van der Waals surface area contributed by atoms with Crippen LogP contribution in [-0.4, -0.2) is 20.2 Å². The average molecular weight is 311 g/mol. The summed E-state index contributed by atoms with van der Waals surface area (Å²) >= 11 is 3.40. The molecule has 2 rings (SSSR count). The fourth-order valence-corrected chi connectivity index (χ4v) is 1.89. The third-order valence-electron chi connectivity index (χ3n) is 2.49. The van der Waals surface area contributed by atoms with Crippen molar-refractivity contribution in [2.24, 2.45) is 0 Å². The number of nitrogens with zero attached hydrogens (tertiary/aromatic N) is 4. The van der Waals surface area contributed by atoms with Crippen molar-refractivity contribution in [1.29, 1.82) is 0 Å². The lowest BCUT2D eigenvalue weighted by Crippen LogP contribution is -2.08. The van der Waals surface area contributed by atoms with E-state index in [-0.39, 0.29) is 0 Å². The van der Waals surface area contributed by atoms with Gasteiger partial charge in [-0.05, 0) is 35.0 Å². The van der Waals surface area contributed by atoms with Crippen molar-refractivity contribution in [3.05, 3.63) is 34.6 Å². The predicted molar refractivity (Wildman–Crippen MR) is 71.2 cm³/mol. The third-order valence-corrected chi connectivity index (χ3v) is 2.99. The summed E-state index contributed by atoms with van der Waals surface area (Å²) in [6, 6.07) is 7.71. The molecule has 1 aromatic heterocycles. The number of aromatic nitrogens is 4. The highest BCUT2D eigenvalue weighted by Crippen LogP contribution is 2.18. The highest BCUT2D eigenvalue weighted by molar-refractivity contribution is 9.10. The van der Waals surface area contributed by atoms with E-state index in [0.29, 0.717) is 6.61 Å². The maximum absolute atomic E-state index is 5.66. The molecule has 5 nitrogen and oxygen atoms in total. The molecule has 0 aliphatic carbocycles. The van der Waals surface area contributed by atoms with Gasteiger partial charge in [0.25, 0.3) is 0 Å². The first-order valence-electron chi connectivity index (χ1n) is 5.93. The fraction of sp³-hybridized carbons (Fsp3) is 0.417. The Morgan fingerprint density at radius 2 is 2.28 bits per heavy atom. The van der Waals surface area contributed by atoms with Gasteiger partial charge in [0.05, 0.1) is 0 Å². The van der Waals surface area contributed by atoms with E-state index in [1.165, 1.54) is 0 Å². The van der Waals surface area contributed by atoms with Crippen molar-refractivity contribution in [2.75, 3.05) is 0 Å². The second-order valence-corrected chi connectivity index (χ2v) is 4.83. The highest BCUT2D eigenvalue weighted by Gasteiger charge is 2.06. The zero-order valence-electron chi connectivity index (χ0n) is 10.2. The largest absolute Gasteiger partial charge is 0.486 e. The Morgan fingerprint density at radius 3 is 3.06 bits per heavy atom. The van der Waals surface area contributed by atoms with E-state index >= 15 is 0 Å². The maximum Gasteiger partial charge on any atom is 0.189 e. The molecule has 0 aliphatic rings. The fourth-order valence-electron chi connectivity index (χ4n) is 1.51. The molecular formula is C12H15BrN4O. The number of halogens is 1. The Bertz CT molecular complexity index is 500. The molecule has 0 radical (unpaired) electrons. The lowest BCUT2D eigenvalue weighted by atomic mass is 10.3. The van der Waals surface area contributed by atoms with Crippen LogP contribution in [0.2, 0.25) is 0 Å². The SMILES string of the molecule is CCCCn1nnnc1COc1cccc(Br)c1. The minimum Gasteiger partial charge on any atom is -0.486 e. The first kappa shape index (κ1) is 13.0. The van der Waals surface area contributed by atoms with Crippen LogP contribution in [0.25, 0.3) is 0 Å². The molecule has 2 aromatic rings. The van der Waals surface area contributed by atoms with Gasteiger partial charge >= 0.3 is 0 Å². The number of ether oxygens (including phenoxy) is 1. The van der Waals surface area contributed by atoms with E-state index in [0.717, 1.165) is 35.4 Å². The van der Waals surface area contributed by atoms with Crippen molar-refractivity contribution in [1.82, 2.24) is 20.2 Å².